The number of hydrogen-bond donors (Lipinski definition) is 1. The first-order chi connectivity index (χ1) is 10.2. The number of methoxy groups -OCH3 is 1. The van der Waals surface area contributed by atoms with Gasteiger partial charge in [-0.25, -0.2) is 0 Å². The van der Waals surface area contributed by atoms with E-state index in [0.717, 1.165) is 19.5 Å². The van der Waals surface area contributed by atoms with Gasteiger partial charge in [0.25, 0.3) is 0 Å². The van der Waals surface area contributed by atoms with Crippen molar-refractivity contribution in [2.45, 2.75) is 52.1 Å². The molecule has 3 nitrogen and oxygen atoms in total. The molecule has 1 aromatic rings. The van der Waals surface area contributed by atoms with Crippen LogP contribution in [0.15, 0.2) is 23.3 Å². The van der Waals surface area contributed by atoms with Crippen LogP contribution >= 0.6 is 0 Å². The molecule has 0 aromatic heterocycles. The molecule has 0 fully saturated rings. The van der Waals surface area contributed by atoms with Crippen molar-refractivity contribution in [3.05, 3.63) is 34.4 Å². The molecule has 3 heteroatoms. The largest absolute Gasteiger partial charge is 0.504 e. The van der Waals surface area contributed by atoms with Gasteiger partial charge in [0.05, 0.1) is 7.11 Å². The Morgan fingerprint density at radius 1 is 1.38 bits per heavy atom. The second-order valence-corrected chi connectivity index (χ2v) is 6.25. The van der Waals surface area contributed by atoms with Gasteiger partial charge >= 0.3 is 0 Å². The SMILES string of the molecule is CCCC1=C(C)CCN2Cc3c(ccc(O)c3OC)C[C@@H]12. The normalized spacial score (nSPS) is 22.0. The van der Waals surface area contributed by atoms with Crippen molar-refractivity contribution in [2.75, 3.05) is 13.7 Å². The van der Waals surface area contributed by atoms with Gasteiger partial charge in [-0.1, -0.05) is 30.6 Å². The van der Waals surface area contributed by atoms with Gasteiger partial charge in [-0.3, -0.25) is 4.90 Å². The van der Waals surface area contributed by atoms with E-state index in [-0.39, 0.29) is 5.75 Å². The smallest absolute Gasteiger partial charge is 0.165 e. The molecule has 0 saturated heterocycles. The molecule has 1 atom stereocenters. The van der Waals surface area contributed by atoms with E-state index in [4.69, 9.17) is 4.74 Å². The minimum atomic E-state index is 0.257. The van der Waals surface area contributed by atoms with E-state index in [9.17, 15) is 5.11 Å². The highest BCUT2D eigenvalue weighted by atomic mass is 16.5. The van der Waals surface area contributed by atoms with Crippen LogP contribution in [-0.4, -0.2) is 29.7 Å². The minimum Gasteiger partial charge on any atom is -0.504 e. The third kappa shape index (κ3) is 2.44. The number of benzene rings is 1. The van der Waals surface area contributed by atoms with Gasteiger partial charge in [0.2, 0.25) is 0 Å². The standard InChI is InChI=1S/C18H25NO2/c1-4-5-14-12(2)8-9-19-11-15-13(10-16(14)19)6-7-17(20)18(15)21-3/h6-7,16,20H,4-5,8-11H2,1-3H3/t16-/m0/s1. The Morgan fingerprint density at radius 2 is 2.19 bits per heavy atom. The molecule has 21 heavy (non-hydrogen) atoms. The molecular formula is C18H25NO2. The van der Waals surface area contributed by atoms with Crippen molar-refractivity contribution >= 4 is 0 Å². The molecule has 0 unspecified atom stereocenters. The number of nitrogens with zero attached hydrogens (tertiary/aromatic N) is 1. The van der Waals surface area contributed by atoms with Gasteiger partial charge in [-0.2, -0.15) is 0 Å². The van der Waals surface area contributed by atoms with Gasteiger partial charge in [0.15, 0.2) is 11.5 Å². The van der Waals surface area contributed by atoms with E-state index in [2.05, 4.69) is 24.8 Å². The molecule has 2 aliphatic rings. The molecule has 1 aromatic carbocycles. The molecule has 2 heterocycles. The fourth-order valence-electron chi connectivity index (χ4n) is 3.88. The highest BCUT2D eigenvalue weighted by molar-refractivity contribution is 5.52. The Kier molecular flexibility index (Phi) is 3.94. The van der Waals surface area contributed by atoms with Crippen LogP contribution in [0.1, 0.15) is 44.2 Å². The predicted octanol–water partition coefficient (Wildman–Crippen LogP) is 3.65. The van der Waals surface area contributed by atoms with Gasteiger partial charge in [0, 0.05) is 24.7 Å². The molecule has 0 aliphatic carbocycles. The lowest BCUT2D eigenvalue weighted by atomic mass is 9.82. The molecule has 0 radical (unpaired) electrons. The highest BCUT2D eigenvalue weighted by Gasteiger charge is 2.33. The third-order valence-corrected chi connectivity index (χ3v) is 5.00. The lowest BCUT2D eigenvalue weighted by molar-refractivity contribution is 0.177. The third-order valence-electron chi connectivity index (χ3n) is 5.00. The summed E-state index contributed by atoms with van der Waals surface area (Å²) < 4.78 is 5.43. The average Bonchev–Trinajstić information content (AvgIpc) is 2.49. The zero-order chi connectivity index (χ0) is 15.0. The summed E-state index contributed by atoms with van der Waals surface area (Å²) in [5, 5.41) is 9.99. The van der Waals surface area contributed by atoms with E-state index in [1.54, 1.807) is 24.3 Å². The summed E-state index contributed by atoms with van der Waals surface area (Å²) in [5.74, 6) is 0.918. The Labute approximate surface area is 127 Å². The maximum Gasteiger partial charge on any atom is 0.165 e. The van der Waals surface area contributed by atoms with Crippen LogP contribution in [0.3, 0.4) is 0 Å². The Balaban J connectivity index is 1.99. The van der Waals surface area contributed by atoms with Crippen molar-refractivity contribution in [1.29, 1.82) is 0 Å². The van der Waals surface area contributed by atoms with Crippen LogP contribution in [0.4, 0.5) is 0 Å². The van der Waals surface area contributed by atoms with Crippen LogP contribution in [0.25, 0.3) is 0 Å². The van der Waals surface area contributed by atoms with E-state index in [0.29, 0.717) is 11.8 Å². The van der Waals surface area contributed by atoms with E-state index in [1.165, 1.54) is 30.4 Å². The summed E-state index contributed by atoms with van der Waals surface area (Å²) in [4.78, 5) is 2.56. The van der Waals surface area contributed by atoms with E-state index >= 15 is 0 Å². The van der Waals surface area contributed by atoms with Gasteiger partial charge in [-0.05, 0) is 37.8 Å². The first kappa shape index (κ1) is 14.5. The summed E-state index contributed by atoms with van der Waals surface area (Å²) in [6, 6.07) is 4.38. The second kappa shape index (κ2) is 5.72. The number of rotatable bonds is 3. The second-order valence-electron chi connectivity index (χ2n) is 6.25. The number of phenols is 1. The Morgan fingerprint density at radius 3 is 2.90 bits per heavy atom. The van der Waals surface area contributed by atoms with E-state index in [1.807, 2.05) is 0 Å². The van der Waals surface area contributed by atoms with Crippen LogP contribution in [0.5, 0.6) is 11.5 Å². The molecule has 1 N–H and O–H groups in total. The topological polar surface area (TPSA) is 32.7 Å². The van der Waals surface area contributed by atoms with Crippen molar-refractivity contribution < 1.29 is 9.84 Å². The maximum absolute atomic E-state index is 9.99. The number of ether oxygens (including phenoxy) is 1. The first-order valence-electron chi connectivity index (χ1n) is 7.96. The molecular weight excluding hydrogens is 262 g/mol. The summed E-state index contributed by atoms with van der Waals surface area (Å²) in [6.45, 7) is 6.56. The van der Waals surface area contributed by atoms with Gasteiger partial charge in [0.1, 0.15) is 0 Å². The fraction of sp³-hybridized carbons (Fsp3) is 0.556. The summed E-state index contributed by atoms with van der Waals surface area (Å²) in [5.41, 5.74) is 5.73. The van der Waals surface area contributed by atoms with Crippen LogP contribution < -0.4 is 4.74 Å². The van der Waals surface area contributed by atoms with Crippen molar-refractivity contribution in [3.63, 3.8) is 0 Å². The maximum atomic E-state index is 9.99. The molecule has 0 saturated carbocycles. The molecule has 3 rings (SSSR count). The van der Waals surface area contributed by atoms with Crippen molar-refractivity contribution in [2.24, 2.45) is 0 Å². The van der Waals surface area contributed by atoms with Crippen molar-refractivity contribution in [3.8, 4) is 11.5 Å². The predicted molar refractivity (Wildman–Crippen MR) is 84.8 cm³/mol. The Bertz CT molecular complexity index is 577. The first-order valence-corrected chi connectivity index (χ1v) is 7.96. The molecule has 114 valence electrons. The monoisotopic (exact) mass is 287 g/mol. The quantitative estimate of drug-likeness (QED) is 0.861. The van der Waals surface area contributed by atoms with Gasteiger partial charge < -0.3 is 9.84 Å². The molecule has 2 aliphatic heterocycles. The Hall–Kier alpha value is -1.48. The minimum absolute atomic E-state index is 0.257. The fourth-order valence-corrected chi connectivity index (χ4v) is 3.88. The zero-order valence-electron chi connectivity index (χ0n) is 13.3. The summed E-state index contributed by atoms with van der Waals surface area (Å²) in [6.07, 6.45) is 4.63. The number of phenolic OH excluding ortho intramolecular Hbond substituents is 1. The van der Waals surface area contributed by atoms with E-state index < -0.39 is 0 Å². The van der Waals surface area contributed by atoms with Crippen LogP contribution in [-0.2, 0) is 13.0 Å². The zero-order valence-corrected chi connectivity index (χ0v) is 13.3. The van der Waals surface area contributed by atoms with Crippen LogP contribution in [0.2, 0.25) is 0 Å². The molecule has 0 amide bonds. The number of fused-ring (bicyclic) bond motifs is 2. The summed E-state index contributed by atoms with van der Waals surface area (Å²) in [7, 11) is 1.64. The lowest BCUT2D eigenvalue weighted by Crippen LogP contribution is -2.45. The van der Waals surface area contributed by atoms with Gasteiger partial charge in [-0.15, -0.1) is 0 Å². The lowest BCUT2D eigenvalue weighted by Gasteiger charge is -2.42. The average molecular weight is 287 g/mol. The molecule has 0 spiro atoms. The summed E-state index contributed by atoms with van der Waals surface area (Å²) >= 11 is 0. The number of hydrogen-bond acceptors (Lipinski definition) is 3. The van der Waals surface area contributed by atoms with Crippen molar-refractivity contribution in [1.82, 2.24) is 4.90 Å². The molecule has 0 bridgehead atoms. The highest BCUT2D eigenvalue weighted by Crippen LogP contribution is 2.41. The number of aromatic hydroxyl groups is 1. The van der Waals surface area contributed by atoms with Crippen LogP contribution in [0, 0.1) is 0 Å².